The first-order valence-corrected chi connectivity index (χ1v) is 6.46. The molecule has 0 bridgehead atoms. The topological polar surface area (TPSA) is 0 Å². The van der Waals surface area contributed by atoms with Crippen LogP contribution < -0.4 is 0 Å². The Kier molecular flexibility index (Phi) is 16.6. The van der Waals surface area contributed by atoms with E-state index in [-0.39, 0.29) is 0 Å². The molecule has 0 heteroatoms. The quantitative estimate of drug-likeness (QED) is 0.524. The first kappa shape index (κ1) is 20.0. The Labute approximate surface area is 124 Å². The van der Waals surface area contributed by atoms with Crippen LogP contribution in [0.1, 0.15) is 19.4 Å². The smallest absolute Gasteiger partial charge is 0.0263 e. The summed E-state index contributed by atoms with van der Waals surface area (Å²) in [6.45, 7) is 17.1. The monoisotopic (exact) mass is 266 g/mol. The van der Waals surface area contributed by atoms with Crippen LogP contribution in [0.3, 0.4) is 0 Å². The molecule has 2 aromatic carbocycles. The highest BCUT2D eigenvalue weighted by atomic mass is 13.8. The summed E-state index contributed by atoms with van der Waals surface area (Å²) in [6, 6.07) is 22.0. The van der Waals surface area contributed by atoms with E-state index >= 15 is 0 Å². The number of hydrogen-bond acceptors (Lipinski definition) is 0. The summed E-state index contributed by atoms with van der Waals surface area (Å²) in [5, 5.41) is 0. The number of allylic oxidation sites excluding steroid dienone is 1. The average Bonchev–Trinajstić information content (AvgIpc) is 2.52. The van der Waals surface area contributed by atoms with Gasteiger partial charge in [-0.15, -0.1) is 19.7 Å². The molecule has 0 saturated carbocycles. The van der Waals surface area contributed by atoms with Gasteiger partial charge >= 0.3 is 0 Å². The van der Waals surface area contributed by atoms with Crippen molar-refractivity contribution >= 4 is 6.08 Å². The van der Waals surface area contributed by atoms with Gasteiger partial charge in [0.2, 0.25) is 0 Å². The van der Waals surface area contributed by atoms with Crippen molar-refractivity contribution in [1.29, 1.82) is 0 Å². The summed E-state index contributed by atoms with van der Waals surface area (Å²) >= 11 is 0. The maximum Gasteiger partial charge on any atom is -0.0263 e. The van der Waals surface area contributed by atoms with Crippen molar-refractivity contribution in [3.63, 3.8) is 0 Å². The summed E-state index contributed by atoms with van der Waals surface area (Å²) in [6.07, 6.45) is 1.83. The normalized spacial score (nSPS) is 7.30. The second kappa shape index (κ2) is 16.7. The Morgan fingerprint density at radius 2 is 1.00 bits per heavy atom. The van der Waals surface area contributed by atoms with Crippen molar-refractivity contribution in [2.24, 2.45) is 0 Å². The molecule has 0 aliphatic heterocycles. The highest BCUT2D eigenvalue weighted by Crippen LogP contribution is 1.97. The molecule has 0 N–H and O–H groups in total. The number of rotatable bonds is 1. The Morgan fingerprint density at radius 1 is 0.750 bits per heavy atom. The molecular weight excluding hydrogens is 240 g/mol. The molecular formula is C20H26. The van der Waals surface area contributed by atoms with Gasteiger partial charge in [0, 0.05) is 0 Å². The highest BCUT2D eigenvalue weighted by Gasteiger charge is 1.75. The molecule has 0 aliphatic carbocycles. The molecule has 0 saturated heterocycles. The van der Waals surface area contributed by atoms with Crippen molar-refractivity contribution in [3.8, 4) is 0 Å². The standard InChI is InChI=1S/C8H8.C6H6.C4H8.C2H4/c1-2-8-6-4-3-5-7-8;1-2-4-6-5-3-1;1-4(2)3;1-2/h2-7H,1H2;1-6H;1H2,2-3H3;1-2H2. The second-order valence-corrected chi connectivity index (χ2v) is 3.98. The maximum atomic E-state index is 3.63. The van der Waals surface area contributed by atoms with Crippen molar-refractivity contribution in [1.82, 2.24) is 0 Å². The fourth-order valence-corrected chi connectivity index (χ4v) is 0.974. The molecule has 0 spiro atoms. The van der Waals surface area contributed by atoms with Gasteiger partial charge in [-0.3, -0.25) is 0 Å². The van der Waals surface area contributed by atoms with E-state index in [0.717, 1.165) is 0 Å². The highest BCUT2D eigenvalue weighted by molar-refractivity contribution is 5.45. The van der Waals surface area contributed by atoms with Crippen molar-refractivity contribution in [3.05, 3.63) is 104 Å². The van der Waals surface area contributed by atoms with Gasteiger partial charge in [-0.1, -0.05) is 85.0 Å². The zero-order valence-corrected chi connectivity index (χ0v) is 12.8. The van der Waals surface area contributed by atoms with Gasteiger partial charge in [-0.2, -0.15) is 0 Å². The molecule has 0 aliphatic rings. The van der Waals surface area contributed by atoms with Crippen LogP contribution in [0, 0.1) is 0 Å². The van der Waals surface area contributed by atoms with E-state index in [1.165, 1.54) is 11.1 Å². The van der Waals surface area contributed by atoms with Gasteiger partial charge < -0.3 is 0 Å². The summed E-state index contributed by atoms with van der Waals surface area (Å²) in [4.78, 5) is 0. The largest absolute Gasteiger partial charge is 0.106 e. The lowest BCUT2D eigenvalue weighted by Crippen LogP contribution is -1.63. The SMILES string of the molecule is C=C.C=C(C)C.C=Cc1ccccc1.c1ccccc1. The van der Waals surface area contributed by atoms with E-state index in [9.17, 15) is 0 Å². The van der Waals surface area contributed by atoms with Crippen LogP contribution in [0.2, 0.25) is 0 Å². The minimum atomic E-state index is 1.17. The fourth-order valence-electron chi connectivity index (χ4n) is 0.974. The van der Waals surface area contributed by atoms with Crippen LogP contribution in [0.5, 0.6) is 0 Å². The summed E-state index contributed by atoms with van der Waals surface area (Å²) in [7, 11) is 0. The van der Waals surface area contributed by atoms with Crippen LogP contribution in [0.25, 0.3) is 6.08 Å². The summed E-state index contributed by atoms with van der Waals surface area (Å²) in [5.74, 6) is 0. The zero-order chi connectivity index (χ0) is 15.6. The Bertz CT molecular complexity index is 395. The molecule has 0 fully saturated rings. The van der Waals surface area contributed by atoms with Crippen LogP contribution in [0.15, 0.2) is 98.6 Å². The van der Waals surface area contributed by atoms with Gasteiger partial charge in [0.05, 0.1) is 0 Å². The molecule has 0 unspecified atom stereocenters. The zero-order valence-electron chi connectivity index (χ0n) is 12.8. The number of benzene rings is 2. The molecule has 0 aromatic heterocycles. The summed E-state index contributed by atoms with van der Waals surface area (Å²) < 4.78 is 0. The van der Waals surface area contributed by atoms with Gasteiger partial charge in [0.1, 0.15) is 0 Å². The van der Waals surface area contributed by atoms with Crippen molar-refractivity contribution < 1.29 is 0 Å². The Morgan fingerprint density at radius 3 is 1.20 bits per heavy atom. The first-order chi connectivity index (χ1) is 9.66. The third kappa shape index (κ3) is 18.0. The lowest BCUT2D eigenvalue weighted by Gasteiger charge is -1.85. The van der Waals surface area contributed by atoms with E-state index in [1.807, 2.05) is 86.7 Å². The first-order valence-electron chi connectivity index (χ1n) is 6.46. The summed E-state index contributed by atoms with van der Waals surface area (Å²) in [5.41, 5.74) is 2.34. The minimum Gasteiger partial charge on any atom is -0.106 e. The third-order valence-corrected chi connectivity index (χ3v) is 1.70. The second-order valence-electron chi connectivity index (χ2n) is 3.98. The molecule has 0 atom stereocenters. The fraction of sp³-hybridized carbons (Fsp3) is 0.100. The molecule has 0 amide bonds. The minimum absolute atomic E-state index is 1.17. The molecule has 2 aromatic rings. The lowest BCUT2D eigenvalue weighted by atomic mass is 10.2. The van der Waals surface area contributed by atoms with Crippen LogP contribution >= 0.6 is 0 Å². The molecule has 106 valence electrons. The molecule has 0 heterocycles. The van der Waals surface area contributed by atoms with Crippen LogP contribution in [0.4, 0.5) is 0 Å². The van der Waals surface area contributed by atoms with E-state index in [1.54, 1.807) is 0 Å². The van der Waals surface area contributed by atoms with E-state index in [2.05, 4.69) is 26.3 Å². The van der Waals surface area contributed by atoms with Gasteiger partial charge in [0.15, 0.2) is 0 Å². The molecule has 0 radical (unpaired) electrons. The third-order valence-electron chi connectivity index (χ3n) is 1.70. The average molecular weight is 266 g/mol. The predicted octanol–water partition coefficient (Wildman–Crippen LogP) is 6.40. The van der Waals surface area contributed by atoms with Gasteiger partial charge in [-0.25, -0.2) is 0 Å². The van der Waals surface area contributed by atoms with Crippen molar-refractivity contribution in [2.45, 2.75) is 13.8 Å². The Hall–Kier alpha value is -2.34. The molecule has 0 nitrogen and oxygen atoms in total. The van der Waals surface area contributed by atoms with Gasteiger partial charge in [-0.05, 0) is 19.4 Å². The lowest BCUT2D eigenvalue weighted by molar-refractivity contribution is 1.42. The Balaban J connectivity index is 0. The van der Waals surface area contributed by atoms with Gasteiger partial charge in [0.25, 0.3) is 0 Å². The van der Waals surface area contributed by atoms with Crippen LogP contribution in [-0.2, 0) is 0 Å². The maximum absolute atomic E-state index is 3.63. The van der Waals surface area contributed by atoms with Crippen LogP contribution in [-0.4, -0.2) is 0 Å². The van der Waals surface area contributed by atoms with E-state index < -0.39 is 0 Å². The molecule has 20 heavy (non-hydrogen) atoms. The predicted molar refractivity (Wildman–Crippen MR) is 94.7 cm³/mol. The van der Waals surface area contributed by atoms with E-state index in [0.29, 0.717) is 0 Å². The van der Waals surface area contributed by atoms with Crippen molar-refractivity contribution in [2.75, 3.05) is 0 Å². The number of hydrogen-bond donors (Lipinski definition) is 0. The molecule has 2 rings (SSSR count). The van der Waals surface area contributed by atoms with E-state index in [4.69, 9.17) is 0 Å².